The van der Waals surface area contributed by atoms with E-state index in [0.717, 1.165) is 17.7 Å². The van der Waals surface area contributed by atoms with Crippen LogP contribution in [0.2, 0.25) is 0 Å². The lowest BCUT2D eigenvalue weighted by atomic mass is 10.1. The number of benzene rings is 2. The molecule has 3 nitrogen and oxygen atoms in total. The molecule has 0 heterocycles. The van der Waals surface area contributed by atoms with Crippen molar-refractivity contribution >= 4 is 11.6 Å². The van der Waals surface area contributed by atoms with E-state index in [0.29, 0.717) is 5.69 Å². The van der Waals surface area contributed by atoms with Crippen LogP contribution in [-0.2, 0) is 4.79 Å². The summed E-state index contributed by atoms with van der Waals surface area (Å²) in [7, 11) is 3.41. The van der Waals surface area contributed by atoms with Crippen LogP contribution in [0, 0.1) is 11.6 Å². The fourth-order valence-electron chi connectivity index (χ4n) is 2.30. The van der Waals surface area contributed by atoms with Crippen molar-refractivity contribution in [2.24, 2.45) is 0 Å². The van der Waals surface area contributed by atoms with Crippen molar-refractivity contribution in [1.29, 1.82) is 0 Å². The second kappa shape index (κ2) is 7.22. The molecule has 0 saturated carbocycles. The molecular weight excluding hydrogens is 298 g/mol. The van der Waals surface area contributed by atoms with Crippen molar-refractivity contribution in [2.75, 3.05) is 25.5 Å². The van der Waals surface area contributed by atoms with Gasteiger partial charge in [0.15, 0.2) is 11.6 Å². The maximum atomic E-state index is 13.3. The highest BCUT2D eigenvalue weighted by Gasteiger charge is 2.19. The molecular formula is C18H20F2N2O. The van der Waals surface area contributed by atoms with E-state index in [4.69, 9.17) is 0 Å². The second-order valence-electron chi connectivity index (χ2n) is 5.55. The first-order valence-electron chi connectivity index (χ1n) is 7.37. The summed E-state index contributed by atoms with van der Waals surface area (Å²) in [5.74, 6) is -1.93. The lowest BCUT2D eigenvalue weighted by molar-refractivity contribution is -0.130. The summed E-state index contributed by atoms with van der Waals surface area (Å²) in [6.45, 7) is 2.03. The Hall–Kier alpha value is -2.43. The van der Waals surface area contributed by atoms with Gasteiger partial charge in [0, 0.05) is 25.8 Å². The molecule has 0 bridgehead atoms. The molecule has 1 unspecified atom stereocenters. The minimum absolute atomic E-state index is 0.0675. The van der Waals surface area contributed by atoms with E-state index in [1.807, 2.05) is 37.3 Å². The van der Waals surface area contributed by atoms with Gasteiger partial charge in [-0.15, -0.1) is 0 Å². The Morgan fingerprint density at radius 2 is 1.70 bits per heavy atom. The number of amides is 1. The van der Waals surface area contributed by atoms with Gasteiger partial charge in [0.2, 0.25) is 5.91 Å². The molecule has 23 heavy (non-hydrogen) atoms. The average Bonchev–Trinajstić information content (AvgIpc) is 2.56. The van der Waals surface area contributed by atoms with Crippen LogP contribution in [0.1, 0.15) is 18.5 Å². The topological polar surface area (TPSA) is 23.6 Å². The predicted molar refractivity (Wildman–Crippen MR) is 87.3 cm³/mol. The number of hydrogen-bond donors (Lipinski definition) is 0. The summed E-state index contributed by atoms with van der Waals surface area (Å²) in [6, 6.07) is 13.2. The van der Waals surface area contributed by atoms with E-state index in [1.165, 1.54) is 6.07 Å². The highest BCUT2D eigenvalue weighted by molar-refractivity contribution is 5.81. The van der Waals surface area contributed by atoms with Gasteiger partial charge in [-0.25, -0.2) is 8.78 Å². The number of carbonyl (C=O) groups is 1. The summed E-state index contributed by atoms with van der Waals surface area (Å²) < 4.78 is 26.3. The maximum absolute atomic E-state index is 13.3. The molecule has 0 N–H and O–H groups in total. The average molecular weight is 318 g/mol. The Bertz CT molecular complexity index is 676. The maximum Gasteiger partial charge on any atom is 0.242 e. The molecule has 0 radical (unpaired) electrons. The highest BCUT2D eigenvalue weighted by atomic mass is 19.2. The molecule has 0 saturated heterocycles. The molecule has 0 aromatic heterocycles. The van der Waals surface area contributed by atoms with Crippen molar-refractivity contribution in [3.63, 3.8) is 0 Å². The number of nitrogens with zero attached hydrogens (tertiary/aromatic N) is 2. The first-order valence-corrected chi connectivity index (χ1v) is 7.37. The van der Waals surface area contributed by atoms with Crippen LogP contribution in [0.25, 0.3) is 0 Å². The Balaban J connectivity index is 2.04. The monoisotopic (exact) mass is 318 g/mol. The lowest BCUT2D eigenvalue weighted by Gasteiger charge is -2.28. The minimum atomic E-state index is -0.923. The fourth-order valence-corrected chi connectivity index (χ4v) is 2.30. The van der Waals surface area contributed by atoms with Gasteiger partial charge in [-0.3, -0.25) is 4.79 Å². The van der Waals surface area contributed by atoms with Gasteiger partial charge >= 0.3 is 0 Å². The van der Waals surface area contributed by atoms with Gasteiger partial charge in [0.25, 0.3) is 0 Å². The van der Waals surface area contributed by atoms with Crippen molar-refractivity contribution < 1.29 is 13.6 Å². The van der Waals surface area contributed by atoms with Crippen molar-refractivity contribution in [3.8, 4) is 0 Å². The second-order valence-corrected chi connectivity index (χ2v) is 5.55. The normalized spacial score (nSPS) is 11.9. The molecule has 1 amide bonds. The van der Waals surface area contributed by atoms with Gasteiger partial charge in [0.05, 0.1) is 12.6 Å². The summed E-state index contributed by atoms with van der Waals surface area (Å²) in [5, 5.41) is 0. The zero-order chi connectivity index (χ0) is 17.0. The molecule has 2 rings (SSSR count). The van der Waals surface area contributed by atoms with Crippen LogP contribution < -0.4 is 4.90 Å². The molecule has 0 fully saturated rings. The number of rotatable bonds is 5. The third-order valence-corrected chi connectivity index (χ3v) is 3.97. The standard InChI is InChI=1S/C18H20F2N2O/c1-13(14-7-5-4-6-8-14)22(3)18(23)12-21(2)15-9-10-16(19)17(20)11-15/h4-11,13H,12H2,1-3H3. The van der Waals surface area contributed by atoms with E-state index in [2.05, 4.69) is 0 Å². The molecule has 2 aromatic carbocycles. The Labute approximate surface area is 135 Å². The minimum Gasteiger partial charge on any atom is -0.365 e. The number of halogens is 2. The van der Waals surface area contributed by atoms with E-state index in [9.17, 15) is 13.6 Å². The third kappa shape index (κ3) is 4.06. The first kappa shape index (κ1) is 16.9. The number of likely N-dealkylation sites (N-methyl/N-ethyl adjacent to an activating group) is 2. The van der Waals surface area contributed by atoms with Crippen LogP contribution in [0.5, 0.6) is 0 Å². The molecule has 0 aliphatic carbocycles. The number of hydrogen-bond acceptors (Lipinski definition) is 2. The van der Waals surface area contributed by atoms with Crippen molar-refractivity contribution in [1.82, 2.24) is 4.90 Å². The van der Waals surface area contributed by atoms with Crippen LogP contribution in [0.4, 0.5) is 14.5 Å². The zero-order valence-electron chi connectivity index (χ0n) is 13.5. The Morgan fingerprint density at radius 1 is 1.04 bits per heavy atom. The van der Waals surface area contributed by atoms with Gasteiger partial charge in [0.1, 0.15) is 0 Å². The smallest absolute Gasteiger partial charge is 0.242 e. The summed E-state index contributed by atoms with van der Waals surface area (Å²) in [6.07, 6.45) is 0. The predicted octanol–water partition coefficient (Wildman–Crippen LogP) is 3.62. The van der Waals surface area contributed by atoms with E-state index < -0.39 is 11.6 Å². The van der Waals surface area contributed by atoms with Gasteiger partial charge in [-0.05, 0) is 24.6 Å². The molecule has 2 aromatic rings. The van der Waals surface area contributed by atoms with Crippen LogP contribution in [-0.4, -0.2) is 31.4 Å². The van der Waals surface area contributed by atoms with Gasteiger partial charge in [-0.2, -0.15) is 0 Å². The SMILES string of the molecule is CC(c1ccccc1)N(C)C(=O)CN(C)c1ccc(F)c(F)c1. The van der Waals surface area contributed by atoms with E-state index >= 15 is 0 Å². The summed E-state index contributed by atoms with van der Waals surface area (Å²) in [4.78, 5) is 15.7. The highest BCUT2D eigenvalue weighted by Crippen LogP contribution is 2.20. The Kier molecular flexibility index (Phi) is 5.32. The molecule has 122 valence electrons. The lowest BCUT2D eigenvalue weighted by Crippen LogP contribution is -2.38. The van der Waals surface area contributed by atoms with Crippen LogP contribution >= 0.6 is 0 Å². The van der Waals surface area contributed by atoms with E-state index in [-0.39, 0.29) is 18.5 Å². The molecule has 0 aliphatic heterocycles. The molecule has 5 heteroatoms. The largest absolute Gasteiger partial charge is 0.365 e. The molecule has 0 spiro atoms. The quantitative estimate of drug-likeness (QED) is 0.840. The van der Waals surface area contributed by atoms with E-state index in [1.54, 1.807) is 23.9 Å². The summed E-state index contributed by atoms with van der Waals surface area (Å²) in [5.41, 5.74) is 1.50. The Morgan fingerprint density at radius 3 is 2.30 bits per heavy atom. The number of anilines is 1. The zero-order valence-corrected chi connectivity index (χ0v) is 13.5. The van der Waals surface area contributed by atoms with Gasteiger partial charge < -0.3 is 9.80 Å². The first-order chi connectivity index (χ1) is 10.9. The number of carbonyl (C=O) groups excluding carboxylic acids is 1. The van der Waals surface area contributed by atoms with Crippen molar-refractivity contribution in [2.45, 2.75) is 13.0 Å². The molecule has 1 atom stereocenters. The molecule has 0 aliphatic rings. The third-order valence-electron chi connectivity index (χ3n) is 3.97. The van der Waals surface area contributed by atoms with Gasteiger partial charge in [-0.1, -0.05) is 30.3 Å². The van der Waals surface area contributed by atoms with Crippen LogP contribution in [0.15, 0.2) is 48.5 Å². The fraction of sp³-hybridized carbons (Fsp3) is 0.278. The van der Waals surface area contributed by atoms with Crippen molar-refractivity contribution in [3.05, 3.63) is 65.7 Å². The summed E-state index contributed by atoms with van der Waals surface area (Å²) >= 11 is 0. The van der Waals surface area contributed by atoms with Crippen LogP contribution in [0.3, 0.4) is 0 Å².